The predicted molar refractivity (Wildman–Crippen MR) is 129 cm³/mol. The first-order valence-electron chi connectivity index (χ1n) is 10.9. The molecule has 33 heavy (non-hydrogen) atoms. The Bertz CT molecular complexity index is 1110. The van der Waals surface area contributed by atoms with Gasteiger partial charge in [0.15, 0.2) is 5.78 Å². The number of aromatic nitrogens is 2. The molecule has 0 aliphatic rings. The van der Waals surface area contributed by atoms with Crippen LogP contribution in [0.2, 0.25) is 0 Å². The number of pyridine rings is 1. The van der Waals surface area contributed by atoms with Crippen molar-refractivity contribution in [1.82, 2.24) is 14.9 Å². The molecule has 0 unspecified atom stereocenters. The maximum absolute atomic E-state index is 12.8. The van der Waals surface area contributed by atoms with Crippen molar-refractivity contribution in [3.8, 4) is 10.6 Å². The van der Waals surface area contributed by atoms with E-state index in [4.69, 9.17) is 5.73 Å². The normalized spacial score (nSPS) is 10.7. The van der Waals surface area contributed by atoms with Gasteiger partial charge in [-0.2, -0.15) is 0 Å². The maximum atomic E-state index is 12.8. The van der Waals surface area contributed by atoms with Crippen molar-refractivity contribution in [2.75, 3.05) is 14.1 Å². The molecule has 2 aromatic heterocycles. The number of hydrogen-bond acceptors (Lipinski definition) is 6. The van der Waals surface area contributed by atoms with Crippen LogP contribution in [0.5, 0.6) is 0 Å². The molecule has 0 spiro atoms. The third-order valence-corrected chi connectivity index (χ3v) is 6.41. The van der Waals surface area contributed by atoms with Crippen molar-refractivity contribution in [3.63, 3.8) is 0 Å². The highest BCUT2D eigenvalue weighted by molar-refractivity contribution is 7.15. The summed E-state index contributed by atoms with van der Waals surface area (Å²) in [5.74, 6) is -0.570. The summed E-state index contributed by atoms with van der Waals surface area (Å²) in [6.45, 7) is 0. The zero-order valence-electron chi connectivity index (χ0n) is 18.9. The van der Waals surface area contributed by atoms with Crippen molar-refractivity contribution < 1.29 is 14.4 Å². The molecule has 8 heteroatoms. The number of amides is 2. The van der Waals surface area contributed by atoms with E-state index in [2.05, 4.69) is 9.97 Å². The van der Waals surface area contributed by atoms with Crippen molar-refractivity contribution in [2.24, 2.45) is 5.73 Å². The largest absolute Gasteiger partial charge is 0.364 e. The highest BCUT2D eigenvalue weighted by atomic mass is 32.1. The number of ketones is 1. The first-order valence-corrected chi connectivity index (χ1v) is 11.7. The second kappa shape index (κ2) is 11.5. The summed E-state index contributed by atoms with van der Waals surface area (Å²) < 4.78 is 0. The average molecular weight is 465 g/mol. The van der Waals surface area contributed by atoms with Gasteiger partial charge in [-0.25, -0.2) is 4.98 Å². The molecule has 2 heterocycles. The Labute approximate surface area is 197 Å². The third kappa shape index (κ3) is 6.79. The SMILES string of the molecule is CN(C)C(=O)CCCCCc1ccc(C(=O)Cc2sc(-c3ccncc3)nc2C(N)=O)cc1. The Hall–Kier alpha value is -3.39. The van der Waals surface area contributed by atoms with Crippen LogP contribution in [0.4, 0.5) is 0 Å². The van der Waals surface area contributed by atoms with Crippen molar-refractivity contribution >= 4 is 28.9 Å². The summed E-state index contributed by atoms with van der Waals surface area (Å²) in [6, 6.07) is 11.2. The van der Waals surface area contributed by atoms with Gasteiger partial charge in [0.2, 0.25) is 5.91 Å². The first-order chi connectivity index (χ1) is 15.8. The highest BCUT2D eigenvalue weighted by Crippen LogP contribution is 2.29. The smallest absolute Gasteiger partial charge is 0.268 e. The molecule has 1 aromatic carbocycles. The van der Waals surface area contributed by atoms with E-state index in [0.717, 1.165) is 36.8 Å². The van der Waals surface area contributed by atoms with E-state index in [0.29, 0.717) is 21.9 Å². The number of thiazole rings is 1. The Kier molecular flexibility index (Phi) is 8.43. The van der Waals surface area contributed by atoms with E-state index < -0.39 is 5.91 Å². The van der Waals surface area contributed by atoms with Gasteiger partial charge in [0.1, 0.15) is 10.7 Å². The summed E-state index contributed by atoms with van der Waals surface area (Å²) in [4.78, 5) is 46.8. The van der Waals surface area contributed by atoms with Crippen LogP contribution in [-0.2, 0) is 17.6 Å². The number of aryl methyl sites for hydroxylation is 1. The van der Waals surface area contributed by atoms with E-state index in [-0.39, 0.29) is 23.8 Å². The Balaban J connectivity index is 1.58. The van der Waals surface area contributed by atoms with Crippen molar-refractivity contribution in [1.29, 1.82) is 0 Å². The number of benzene rings is 1. The fourth-order valence-electron chi connectivity index (χ4n) is 3.39. The van der Waals surface area contributed by atoms with Crippen LogP contribution in [-0.4, -0.2) is 46.6 Å². The molecule has 3 rings (SSSR count). The molecule has 0 bridgehead atoms. The lowest BCUT2D eigenvalue weighted by atomic mass is 10.0. The van der Waals surface area contributed by atoms with Gasteiger partial charge in [-0.1, -0.05) is 30.7 Å². The van der Waals surface area contributed by atoms with Gasteiger partial charge in [-0.3, -0.25) is 19.4 Å². The molecule has 0 radical (unpaired) electrons. The van der Waals surface area contributed by atoms with Gasteiger partial charge >= 0.3 is 0 Å². The summed E-state index contributed by atoms with van der Waals surface area (Å²) in [7, 11) is 3.55. The van der Waals surface area contributed by atoms with Gasteiger partial charge in [0.05, 0.1) is 0 Å². The van der Waals surface area contributed by atoms with Gasteiger partial charge < -0.3 is 10.6 Å². The number of hydrogen-bond donors (Lipinski definition) is 1. The lowest BCUT2D eigenvalue weighted by Crippen LogP contribution is -2.20. The van der Waals surface area contributed by atoms with Crippen LogP contribution in [0.15, 0.2) is 48.8 Å². The molecule has 0 aliphatic carbocycles. The summed E-state index contributed by atoms with van der Waals surface area (Å²) in [5, 5.41) is 0.636. The van der Waals surface area contributed by atoms with Gasteiger partial charge in [-0.05, 0) is 37.0 Å². The second-order valence-corrected chi connectivity index (χ2v) is 9.12. The fourth-order valence-corrected chi connectivity index (χ4v) is 4.46. The monoisotopic (exact) mass is 464 g/mol. The molecule has 7 nitrogen and oxygen atoms in total. The Morgan fingerprint density at radius 3 is 2.30 bits per heavy atom. The minimum absolute atomic E-state index is 0.0697. The molecule has 3 aromatic rings. The molecule has 0 aliphatic heterocycles. The van der Waals surface area contributed by atoms with Crippen LogP contribution in [0.3, 0.4) is 0 Å². The van der Waals surface area contributed by atoms with E-state index in [9.17, 15) is 14.4 Å². The summed E-state index contributed by atoms with van der Waals surface area (Å²) >= 11 is 1.30. The number of nitrogens with two attached hydrogens (primary N) is 1. The van der Waals surface area contributed by atoms with E-state index in [1.807, 2.05) is 24.3 Å². The number of primary amides is 1. The van der Waals surface area contributed by atoms with Gasteiger partial charge in [-0.15, -0.1) is 11.3 Å². The average Bonchev–Trinajstić information content (AvgIpc) is 3.23. The molecule has 0 fully saturated rings. The number of unbranched alkanes of at least 4 members (excludes halogenated alkanes) is 2. The number of nitrogens with zero attached hydrogens (tertiary/aromatic N) is 3. The van der Waals surface area contributed by atoms with E-state index >= 15 is 0 Å². The predicted octanol–water partition coefficient (Wildman–Crippen LogP) is 3.92. The number of Topliss-reactive ketones (excluding diaryl/α,β-unsaturated/α-hetero) is 1. The Morgan fingerprint density at radius 1 is 0.970 bits per heavy atom. The van der Waals surface area contributed by atoms with Gasteiger partial charge in [0.25, 0.3) is 5.91 Å². The second-order valence-electron chi connectivity index (χ2n) is 8.04. The zero-order chi connectivity index (χ0) is 23.8. The number of rotatable bonds is 11. The molecule has 172 valence electrons. The molecule has 2 amide bonds. The minimum atomic E-state index is -0.642. The Morgan fingerprint density at radius 2 is 1.67 bits per heavy atom. The summed E-state index contributed by atoms with van der Waals surface area (Å²) in [5.41, 5.74) is 8.21. The first kappa shape index (κ1) is 24.3. The standard InChI is InChI=1S/C25H28N4O3S/c1-29(2)22(31)7-5-3-4-6-17-8-10-18(11-9-17)20(30)16-21-23(24(26)32)28-25(33-21)19-12-14-27-15-13-19/h8-15H,3-7,16H2,1-2H3,(H2,26,32). The van der Waals surface area contributed by atoms with Crippen LogP contribution in [0, 0.1) is 0 Å². The van der Waals surface area contributed by atoms with E-state index in [1.54, 1.807) is 43.5 Å². The lowest BCUT2D eigenvalue weighted by molar-refractivity contribution is -0.128. The molecule has 0 atom stereocenters. The quantitative estimate of drug-likeness (QED) is 0.342. The van der Waals surface area contributed by atoms with Crippen LogP contribution >= 0.6 is 11.3 Å². The number of carbonyl (C=O) groups is 3. The van der Waals surface area contributed by atoms with Crippen molar-refractivity contribution in [3.05, 3.63) is 70.5 Å². The maximum Gasteiger partial charge on any atom is 0.268 e. The molecule has 2 N–H and O–H groups in total. The van der Waals surface area contributed by atoms with Crippen LogP contribution in [0.25, 0.3) is 10.6 Å². The topological polar surface area (TPSA) is 106 Å². The lowest BCUT2D eigenvalue weighted by Gasteiger charge is -2.09. The molecule has 0 saturated heterocycles. The minimum Gasteiger partial charge on any atom is -0.364 e. The molecular formula is C25H28N4O3S. The zero-order valence-corrected chi connectivity index (χ0v) is 19.7. The summed E-state index contributed by atoms with van der Waals surface area (Å²) in [6.07, 6.45) is 7.71. The van der Waals surface area contributed by atoms with Crippen molar-refractivity contribution in [2.45, 2.75) is 38.5 Å². The molecular weight excluding hydrogens is 436 g/mol. The van der Waals surface area contributed by atoms with Crippen LogP contribution in [0.1, 0.15) is 57.0 Å². The molecule has 0 saturated carbocycles. The highest BCUT2D eigenvalue weighted by Gasteiger charge is 2.20. The van der Waals surface area contributed by atoms with Crippen LogP contribution < -0.4 is 5.73 Å². The number of carbonyl (C=O) groups excluding carboxylic acids is 3. The van der Waals surface area contributed by atoms with Gasteiger partial charge in [0, 0.05) is 55.3 Å². The van der Waals surface area contributed by atoms with E-state index in [1.165, 1.54) is 11.3 Å². The third-order valence-electron chi connectivity index (χ3n) is 5.31. The fraction of sp³-hybridized carbons (Fsp3) is 0.320.